The minimum Gasteiger partial charge on any atom is -0.378 e. The van der Waals surface area contributed by atoms with E-state index in [1.807, 2.05) is 43.0 Å². The lowest BCUT2D eigenvalue weighted by molar-refractivity contribution is 0.122. The number of nitrogens with zero attached hydrogens (tertiary/aromatic N) is 5. The van der Waals surface area contributed by atoms with Crippen molar-refractivity contribution < 1.29 is 9.13 Å². The van der Waals surface area contributed by atoms with E-state index in [4.69, 9.17) is 9.72 Å². The zero-order valence-electron chi connectivity index (χ0n) is 18.0. The first-order valence-electron chi connectivity index (χ1n) is 10.6. The molecule has 4 aromatic rings. The number of morpholine rings is 1. The molecular weight excluding hydrogens is 407 g/mol. The number of anilines is 2. The molecule has 1 fully saturated rings. The molecule has 5 rings (SSSR count). The third kappa shape index (κ3) is 3.41. The van der Waals surface area contributed by atoms with Crippen LogP contribution in [0.1, 0.15) is 29.7 Å². The van der Waals surface area contributed by atoms with Crippen molar-refractivity contribution >= 4 is 28.2 Å². The third-order valence-corrected chi connectivity index (χ3v) is 6.08. The molecule has 1 aliphatic heterocycles. The lowest BCUT2D eigenvalue weighted by Crippen LogP contribution is -2.36. The van der Waals surface area contributed by atoms with Crippen molar-refractivity contribution in [1.82, 2.24) is 14.4 Å². The number of rotatable bonds is 4. The van der Waals surface area contributed by atoms with Crippen LogP contribution in [0, 0.1) is 24.1 Å². The SMILES string of the molecule is Cc1c(C#N)cccc1C(C)Nc1nc2nccn2c2cc(F)c(N3CCOCC3)cc12. The van der Waals surface area contributed by atoms with Gasteiger partial charge in [-0.15, -0.1) is 0 Å². The lowest BCUT2D eigenvalue weighted by Gasteiger charge is -2.29. The normalized spacial score (nSPS) is 15.1. The van der Waals surface area contributed by atoms with Crippen molar-refractivity contribution in [2.24, 2.45) is 0 Å². The molecule has 1 N–H and O–H groups in total. The van der Waals surface area contributed by atoms with Crippen LogP contribution in [-0.4, -0.2) is 40.7 Å². The minimum absolute atomic E-state index is 0.117. The first-order chi connectivity index (χ1) is 15.6. The fourth-order valence-corrected chi connectivity index (χ4v) is 4.35. The van der Waals surface area contributed by atoms with Crippen molar-refractivity contribution in [2.45, 2.75) is 19.9 Å². The van der Waals surface area contributed by atoms with Crippen LogP contribution in [0.2, 0.25) is 0 Å². The molecule has 0 saturated carbocycles. The Balaban J connectivity index is 1.63. The summed E-state index contributed by atoms with van der Waals surface area (Å²) in [6.45, 7) is 6.41. The molecule has 1 aliphatic rings. The van der Waals surface area contributed by atoms with E-state index in [0.29, 0.717) is 54.7 Å². The van der Waals surface area contributed by atoms with Crippen molar-refractivity contribution in [1.29, 1.82) is 5.26 Å². The number of nitrogens with one attached hydrogen (secondary N) is 1. The topological polar surface area (TPSA) is 78.5 Å². The number of halogens is 1. The number of imidazole rings is 1. The molecule has 32 heavy (non-hydrogen) atoms. The van der Waals surface area contributed by atoms with Gasteiger partial charge in [-0.3, -0.25) is 4.40 Å². The van der Waals surface area contributed by atoms with E-state index in [1.54, 1.807) is 22.9 Å². The molecule has 7 nitrogen and oxygen atoms in total. The summed E-state index contributed by atoms with van der Waals surface area (Å²) in [7, 11) is 0. The van der Waals surface area contributed by atoms with Crippen LogP contribution in [-0.2, 0) is 4.74 Å². The van der Waals surface area contributed by atoms with E-state index in [2.05, 4.69) is 16.4 Å². The molecule has 0 amide bonds. The summed E-state index contributed by atoms with van der Waals surface area (Å²) in [6, 6.07) is 11.2. The van der Waals surface area contributed by atoms with Gasteiger partial charge in [0.25, 0.3) is 0 Å². The second-order valence-corrected chi connectivity index (χ2v) is 7.98. The second kappa shape index (κ2) is 8.09. The second-order valence-electron chi connectivity index (χ2n) is 7.98. The van der Waals surface area contributed by atoms with Gasteiger partial charge in [-0.1, -0.05) is 12.1 Å². The number of fused-ring (bicyclic) bond motifs is 3. The molecule has 0 radical (unpaired) electrons. The Labute approximate surface area is 185 Å². The van der Waals surface area contributed by atoms with Gasteiger partial charge in [-0.25, -0.2) is 9.37 Å². The Hall–Kier alpha value is -3.70. The monoisotopic (exact) mass is 430 g/mol. The summed E-state index contributed by atoms with van der Waals surface area (Å²) in [5.41, 5.74) is 3.83. The van der Waals surface area contributed by atoms with Gasteiger partial charge in [0, 0.05) is 36.9 Å². The molecule has 3 heterocycles. The van der Waals surface area contributed by atoms with Gasteiger partial charge in [0.1, 0.15) is 11.6 Å². The molecule has 2 aromatic carbocycles. The number of hydrogen-bond acceptors (Lipinski definition) is 6. The Kier molecular flexibility index (Phi) is 5.11. The van der Waals surface area contributed by atoms with E-state index in [9.17, 15) is 5.26 Å². The van der Waals surface area contributed by atoms with Crippen LogP contribution >= 0.6 is 0 Å². The van der Waals surface area contributed by atoms with Gasteiger partial charge in [0.05, 0.1) is 42.1 Å². The number of ether oxygens (including phenoxy) is 1. The van der Waals surface area contributed by atoms with Gasteiger partial charge in [-0.2, -0.15) is 10.2 Å². The maximum Gasteiger partial charge on any atom is 0.236 e. The summed E-state index contributed by atoms with van der Waals surface area (Å²) in [6.07, 6.45) is 3.44. The molecule has 2 aromatic heterocycles. The zero-order valence-corrected chi connectivity index (χ0v) is 18.0. The maximum atomic E-state index is 15.1. The molecule has 8 heteroatoms. The van der Waals surface area contributed by atoms with E-state index in [1.165, 1.54) is 0 Å². The van der Waals surface area contributed by atoms with Crippen molar-refractivity contribution in [2.75, 3.05) is 36.5 Å². The van der Waals surface area contributed by atoms with Gasteiger partial charge in [0.15, 0.2) is 0 Å². The van der Waals surface area contributed by atoms with Crippen LogP contribution in [0.25, 0.3) is 16.7 Å². The summed E-state index contributed by atoms with van der Waals surface area (Å²) < 4.78 is 22.4. The average Bonchev–Trinajstić information content (AvgIpc) is 3.28. The quantitative estimate of drug-likeness (QED) is 0.523. The van der Waals surface area contributed by atoms with Crippen LogP contribution in [0.4, 0.5) is 15.9 Å². The Morgan fingerprint density at radius 1 is 1.25 bits per heavy atom. The summed E-state index contributed by atoms with van der Waals surface area (Å²) in [4.78, 5) is 11.0. The predicted molar refractivity (Wildman–Crippen MR) is 121 cm³/mol. The fourth-order valence-electron chi connectivity index (χ4n) is 4.35. The van der Waals surface area contributed by atoms with Crippen molar-refractivity contribution in [3.8, 4) is 6.07 Å². The highest BCUT2D eigenvalue weighted by atomic mass is 19.1. The van der Waals surface area contributed by atoms with E-state index in [-0.39, 0.29) is 11.9 Å². The van der Waals surface area contributed by atoms with E-state index in [0.717, 1.165) is 16.5 Å². The van der Waals surface area contributed by atoms with Gasteiger partial charge in [-0.05, 0) is 37.1 Å². The number of hydrogen-bond donors (Lipinski definition) is 1. The summed E-state index contributed by atoms with van der Waals surface area (Å²) >= 11 is 0. The zero-order chi connectivity index (χ0) is 22.2. The molecule has 0 spiro atoms. The highest BCUT2D eigenvalue weighted by molar-refractivity contribution is 5.94. The van der Waals surface area contributed by atoms with Gasteiger partial charge >= 0.3 is 0 Å². The van der Waals surface area contributed by atoms with Crippen LogP contribution in [0.15, 0.2) is 42.7 Å². The highest BCUT2D eigenvalue weighted by Gasteiger charge is 2.20. The molecule has 0 bridgehead atoms. The Bertz CT molecular complexity index is 1350. The fraction of sp³-hybridized carbons (Fsp3) is 0.292. The molecule has 1 saturated heterocycles. The van der Waals surface area contributed by atoms with Gasteiger partial charge < -0.3 is 15.0 Å². The van der Waals surface area contributed by atoms with Crippen LogP contribution in [0.5, 0.6) is 0 Å². The van der Waals surface area contributed by atoms with Crippen molar-refractivity contribution in [3.05, 3.63) is 65.2 Å². The van der Waals surface area contributed by atoms with Crippen molar-refractivity contribution in [3.63, 3.8) is 0 Å². The van der Waals surface area contributed by atoms with Crippen LogP contribution in [0.3, 0.4) is 0 Å². The first kappa shape index (κ1) is 20.2. The highest BCUT2D eigenvalue weighted by Crippen LogP contribution is 2.33. The minimum atomic E-state index is -0.280. The summed E-state index contributed by atoms with van der Waals surface area (Å²) in [5.74, 6) is 0.841. The Morgan fingerprint density at radius 3 is 2.84 bits per heavy atom. The molecule has 1 unspecified atom stereocenters. The van der Waals surface area contributed by atoms with E-state index >= 15 is 4.39 Å². The first-order valence-corrected chi connectivity index (χ1v) is 10.6. The molecule has 1 atom stereocenters. The maximum absolute atomic E-state index is 15.1. The van der Waals surface area contributed by atoms with Crippen LogP contribution < -0.4 is 10.2 Å². The molecule has 0 aliphatic carbocycles. The Morgan fingerprint density at radius 2 is 2.06 bits per heavy atom. The average molecular weight is 430 g/mol. The standard InChI is InChI=1S/C24H23FN6O/c1-15-17(14-26)4-3-5-18(15)16(2)28-23-19-12-22(30-8-10-32-11-9-30)20(25)13-21(19)31-7-6-27-24(31)29-23/h3-7,12-13,16H,8-11H2,1-2H3,(H,27,28,29). The smallest absolute Gasteiger partial charge is 0.236 e. The number of aromatic nitrogens is 3. The molecular formula is C24H23FN6O. The third-order valence-electron chi connectivity index (χ3n) is 6.08. The number of nitriles is 1. The van der Waals surface area contributed by atoms with Gasteiger partial charge in [0.2, 0.25) is 5.78 Å². The number of benzene rings is 2. The summed E-state index contributed by atoms with van der Waals surface area (Å²) in [5, 5.41) is 13.7. The lowest BCUT2D eigenvalue weighted by atomic mass is 9.98. The largest absolute Gasteiger partial charge is 0.378 e. The molecule has 162 valence electrons. The van der Waals surface area contributed by atoms with E-state index < -0.39 is 0 Å². The predicted octanol–water partition coefficient (Wildman–Crippen LogP) is 4.21.